The van der Waals surface area contributed by atoms with Crippen molar-refractivity contribution in [1.82, 2.24) is 9.88 Å². The van der Waals surface area contributed by atoms with Gasteiger partial charge in [-0.15, -0.1) is 0 Å². The second-order valence-corrected chi connectivity index (χ2v) is 8.41. The van der Waals surface area contributed by atoms with Gasteiger partial charge in [0, 0.05) is 18.7 Å². The van der Waals surface area contributed by atoms with Gasteiger partial charge in [-0.3, -0.25) is 9.78 Å². The number of halogens is 1. The topological polar surface area (TPSA) is 33.2 Å². The molecule has 1 aliphatic rings. The largest absolute Gasteiger partial charge is 0.334 e. The normalized spacial score (nSPS) is 17.6. The Morgan fingerprint density at radius 3 is 2.54 bits per heavy atom. The number of aromatic nitrogens is 1. The van der Waals surface area contributed by atoms with Crippen LogP contribution in [0.15, 0.2) is 36.4 Å². The fourth-order valence-electron chi connectivity index (χ4n) is 3.60. The molecule has 0 aliphatic carbocycles. The summed E-state index contributed by atoms with van der Waals surface area (Å²) >= 11 is 0. The monoisotopic (exact) mass is 354 g/mol. The van der Waals surface area contributed by atoms with E-state index in [1.807, 2.05) is 24.0 Å². The third-order valence-electron chi connectivity index (χ3n) is 4.75. The van der Waals surface area contributed by atoms with E-state index < -0.39 is 0 Å². The Kier molecular flexibility index (Phi) is 5.12. The lowest BCUT2D eigenvalue weighted by Gasteiger charge is -2.28. The van der Waals surface area contributed by atoms with Gasteiger partial charge in [-0.05, 0) is 60.6 Å². The molecule has 0 saturated carbocycles. The van der Waals surface area contributed by atoms with E-state index in [0.29, 0.717) is 6.42 Å². The van der Waals surface area contributed by atoms with Crippen LogP contribution in [-0.4, -0.2) is 22.3 Å². The molecule has 1 fully saturated rings. The molecule has 0 N–H and O–H groups in total. The summed E-state index contributed by atoms with van der Waals surface area (Å²) in [6.45, 7) is 9.03. The minimum Gasteiger partial charge on any atom is -0.334 e. The highest BCUT2D eigenvalue weighted by Gasteiger charge is 2.32. The van der Waals surface area contributed by atoms with Crippen molar-refractivity contribution < 1.29 is 9.18 Å². The number of hydrogen-bond acceptors (Lipinski definition) is 2. The Labute approximate surface area is 155 Å². The van der Waals surface area contributed by atoms with Crippen molar-refractivity contribution in [3.05, 3.63) is 53.6 Å². The highest BCUT2D eigenvalue weighted by Crippen LogP contribution is 2.35. The standard InChI is InChI=1S/C22H27FN2O/c1-15-12-17(16-7-9-18(23)10-8-16)13-19(24-15)20-6-5-11-25(20)21(26)14-22(2,3)4/h7-10,12-13,20H,5-6,11,14H2,1-4H3/t20-/m1/s1. The lowest BCUT2D eigenvalue weighted by Crippen LogP contribution is -2.33. The molecule has 138 valence electrons. The van der Waals surface area contributed by atoms with Crippen molar-refractivity contribution in [2.45, 2.75) is 53.0 Å². The number of aryl methyl sites for hydroxylation is 1. The highest BCUT2D eigenvalue weighted by molar-refractivity contribution is 5.77. The van der Waals surface area contributed by atoms with Crippen LogP contribution in [0.4, 0.5) is 4.39 Å². The van der Waals surface area contributed by atoms with Crippen molar-refractivity contribution in [1.29, 1.82) is 0 Å². The van der Waals surface area contributed by atoms with Crippen molar-refractivity contribution in [3.8, 4) is 11.1 Å². The minimum atomic E-state index is -0.241. The van der Waals surface area contributed by atoms with Crippen molar-refractivity contribution in [3.63, 3.8) is 0 Å². The van der Waals surface area contributed by atoms with E-state index in [9.17, 15) is 9.18 Å². The lowest BCUT2D eigenvalue weighted by molar-refractivity contribution is -0.134. The smallest absolute Gasteiger partial charge is 0.223 e. The van der Waals surface area contributed by atoms with Crippen LogP contribution in [0.25, 0.3) is 11.1 Å². The number of nitrogens with zero attached hydrogens (tertiary/aromatic N) is 2. The van der Waals surface area contributed by atoms with E-state index in [0.717, 1.165) is 41.9 Å². The molecule has 0 bridgehead atoms. The summed E-state index contributed by atoms with van der Waals surface area (Å²) in [6.07, 6.45) is 2.48. The first-order valence-corrected chi connectivity index (χ1v) is 9.27. The van der Waals surface area contributed by atoms with E-state index in [-0.39, 0.29) is 23.2 Å². The maximum absolute atomic E-state index is 13.2. The first-order chi connectivity index (χ1) is 12.2. The number of benzene rings is 1. The second kappa shape index (κ2) is 7.18. The van der Waals surface area contributed by atoms with Crippen LogP contribution in [0.5, 0.6) is 0 Å². The van der Waals surface area contributed by atoms with E-state index in [1.165, 1.54) is 12.1 Å². The van der Waals surface area contributed by atoms with Crippen molar-refractivity contribution in [2.24, 2.45) is 5.41 Å². The van der Waals surface area contributed by atoms with E-state index >= 15 is 0 Å². The predicted octanol–water partition coefficient (Wildman–Crippen LogP) is 5.30. The van der Waals surface area contributed by atoms with Crippen LogP contribution >= 0.6 is 0 Å². The third kappa shape index (κ3) is 4.29. The number of rotatable bonds is 3. The van der Waals surface area contributed by atoms with Crippen LogP contribution in [-0.2, 0) is 4.79 Å². The predicted molar refractivity (Wildman–Crippen MR) is 102 cm³/mol. The van der Waals surface area contributed by atoms with Gasteiger partial charge in [-0.25, -0.2) is 4.39 Å². The summed E-state index contributed by atoms with van der Waals surface area (Å²) in [7, 11) is 0. The summed E-state index contributed by atoms with van der Waals surface area (Å²) in [5, 5.41) is 0. The number of carbonyl (C=O) groups excluding carboxylic acids is 1. The van der Waals surface area contributed by atoms with Gasteiger partial charge in [-0.1, -0.05) is 32.9 Å². The van der Waals surface area contributed by atoms with Gasteiger partial charge >= 0.3 is 0 Å². The average Bonchev–Trinajstić information content (AvgIpc) is 3.03. The molecule has 1 aromatic heterocycles. The third-order valence-corrected chi connectivity index (χ3v) is 4.75. The number of amides is 1. The molecule has 3 rings (SSSR count). The molecular weight excluding hydrogens is 327 g/mol. The van der Waals surface area contributed by atoms with E-state index in [4.69, 9.17) is 4.98 Å². The molecule has 4 heteroatoms. The second-order valence-electron chi connectivity index (χ2n) is 8.41. The van der Waals surface area contributed by atoms with Gasteiger partial charge in [0.15, 0.2) is 0 Å². The van der Waals surface area contributed by atoms with Crippen LogP contribution < -0.4 is 0 Å². The van der Waals surface area contributed by atoms with Gasteiger partial charge in [0.05, 0.1) is 11.7 Å². The molecule has 2 heterocycles. The Morgan fingerprint density at radius 1 is 1.19 bits per heavy atom. The van der Waals surface area contributed by atoms with Crippen LogP contribution in [0.1, 0.15) is 57.5 Å². The maximum Gasteiger partial charge on any atom is 0.223 e. The van der Waals surface area contributed by atoms with Crippen molar-refractivity contribution in [2.75, 3.05) is 6.54 Å². The molecule has 3 nitrogen and oxygen atoms in total. The SMILES string of the molecule is Cc1cc(-c2ccc(F)cc2)cc([C@H]2CCCN2C(=O)CC(C)(C)C)n1. The van der Waals surface area contributed by atoms with Crippen molar-refractivity contribution >= 4 is 5.91 Å². The summed E-state index contributed by atoms with van der Waals surface area (Å²) in [4.78, 5) is 19.5. The molecule has 2 aromatic rings. The molecule has 1 amide bonds. The molecule has 26 heavy (non-hydrogen) atoms. The number of hydrogen-bond donors (Lipinski definition) is 0. The van der Waals surface area contributed by atoms with Gasteiger partial charge in [0.2, 0.25) is 5.91 Å². The zero-order chi connectivity index (χ0) is 18.9. The molecule has 0 unspecified atom stereocenters. The van der Waals surface area contributed by atoms with Gasteiger partial charge in [0.25, 0.3) is 0 Å². The Hall–Kier alpha value is -2.23. The number of likely N-dealkylation sites (tertiary alicyclic amines) is 1. The molecule has 1 aliphatic heterocycles. The highest BCUT2D eigenvalue weighted by atomic mass is 19.1. The molecule has 1 saturated heterocycles. The molecule has 0 spiro atoms. The Bertz CT molecular complexity index is 793. The Balaban J connectivity index is 1.90. The summed E-state index contributed by atoms with van der Waals surface area (Å²) in [6, 6.07) is 10.6. The summed E-state index contributed by atoms with van der Waals surface area (Å²) in [5.74, 6) is -0.0406. The molecule has 0 radical (unpaired) electrons. The first-order valence-electron chi connectivity index (χ1n) is 9.27. The van der Waals surface area contributed by atoms with Gasteiger partial charge in [0.1, 0.15) is 5.82 Å². The number of carbonyl (C=O) groups is 1. The fourth-order valence-corrected chi connectivity index (χ4v) is 3.60. The fraction of sp³-hybridized carbons (Fsp3) is 0.455. The Morgan fingerprint density at radius 2 is 1.88 bits per heavy atom. The average molecular weight is 354 g/mol. The van der Waals surface area contributed by atoms with E-state index in [2.05, 4.69) is 20.8 Å². The quantitative estimate of drug-likeness (QED) is 0.750. The summed E-state index contributed by atoms with van der Waals surface area (Å²) < 4.78 is 13.2. The minimum absolute atomic E-state index is 0.0243. The molecule has 1 atom stereocenters. The van der Waals surface area contributed by atoms with Crippen LogP contribution in [0, 0.1) is 18.2 Å². The van der Waals surface area contributed by atoms with E-state index in [1.54, 1.807) is 12.1 Å². The lowest BCUT2D eigenvalue weighted by atomic mass is 9.91. The van der Waals surface area contributed by atoms with Gasteiger partial charge < -0.3 is 4.90 Å². The zero-order valence-electron chi connectivity index (χ0n) is 16.1. The number of pyridine rings is 1. The zero-order valence-corrected chi connectivity index (χ0v) is 16.1. The van der Waals surface area contributed by atoms with Crippen LogP contribution in [0.3, 0.4) is 0 Å². The van der Waals surface area contributed by atoms with Crippen LogP contribution in [0.2, 0.25) is 0 Å². The molecule has 1 aromatic carbocycles. The molecular formula is C22H27FN2O. The first kappa shape index (κ1) is 18.6. The summed E-state index contributed by atoms with van der Waals surface area (Å²) in [5.41, 5.74) is 3.80. The van der Waals surface area contributed by atoms with Gasteiger partial charge in [-0.2, -0.15) is 0 Å². The maximum atomic E-state index is 13.2.